The van der Waals surface area contributed by atoms with Crippen molar-refractivity contribution in [2.24, 2.45) is 0 Å². The average molecular weight is 418 g/mol. The number of anilines is 1. The number of nitrogens with zero attached hydrogens (tertiary/aromatic N) is 2. The van der Waals surface area contributed by atoms with Gasteiger partial charge in [-0.05, 0) is 30.2 Å². The number of thiophene rings is 1. The number of nitrogens with one attached hydrogen (secondary N) is 2. The van der Waals surface area contributed by atoms with Crippen LogP contribution in [0.15, 0.2) is 65.5 Å². The van der Waals surface area contributed by atoms with Gasteiger partial charge in [-0.25, -0.2) is 4.98 Å². The van der Waals surface area contributed by atoms with E-state index in [0.717, 1.165) is 53.8 Å². The van der Waals surface area contributed by atoms with Crippen molar-refractivity contribution in [1.29, 1.82) is 0 Å². The molecule has 5 rings (SSSR count). The summed E-state index contributed by atoms with van der Waals surface area (Å²) in [6.07, 6.45) is 0. The van der Waals surface area contributed by atoms with Crippen LogP contribution in [0.4, 0.5) is 5.69 Å². The SMILES string of the molecule is Cc1ccccc1N1CC[NH+](Cc2nc3sc(-c4ccccc4)cc3c(=O)[nH]2)CC1. The van der Waals surface area contributed by atoms with E-state index in [1.54, 1.807) is 11.3 Å². The van der Waals surface area contributed by atoms with Crippen molar-refractivity contribution in [2.45, 2.75) is 13.5 Å². The summed E-state index contributed by atoms with van der Waals surface area (Å²) in [6.45, 7) is 7.04. The second-order valence-electron chi connectivity index (χ2n) is 7.91. The number of hydrogen-bond acceptors (Lipinski definition) is 4. The molecule has 0 radical (unpaired) electrons. The van der Waals surface area contributed by atoms with E-state index >= 15 is 0 Å². The van der Waals surface area contributed by atoms with Gasteiger partial charge in [-0.15, -0.1) is 11.3 Å². The third-order valence-corrected chi connectivity index (χ3v) is 6.93. The molecule has 1 aliphatic rings. The van der Waals surface area contributed by atoms with Gasteiger partial charge in [-0.1, -0.05) is 48.5 Å². The number of quaternary nitrogens is 1. The molecule has 30 heavy (non-hydrogen) atoms. The van der Waals surface area contributed by atoms with Crippen LogP contribution >= 0.6 is 11.3 Å². The lowest BCUT2D eigenvalue weighted by Gasteiger charge is -2.34. The number of aromatic nitrogens is 2. The summed E-state index contributed by atoms with van der Waals surface area (Å²) in [5.41, 5.74) is 3.74. The molecular formula is C24H25N4OS+. The third kappa shape index (κ3) is 3.76. The van der Waals surface area contributed by atoms with Crippen molar-refractivity contribution in [1.82, 2.24) is 9.97 Å². The Morgan fingerprint density at radius 3 is 2.57 bits per heavy atom. The van der Waals surface area contributed by atoms with E-state index in [2.05, 4.69) is 53.2 Å². The highest BCUT2D eigenvalue weighted by molar-refractivity contribution is 7.21. The van der Waals surface area contributed by atoms with E-state index in [9.17, 15) is 4.79 Å². The lowest BCUT2D eigenvalue weighted by molar-refractivity contribution is -0.915. The largest absolute Gasteiger partial charge is 0.360 e. The van der Waals surface area contributed by atoms with Gasteiger partial charge in [0, 0.05) is 10.6 Å². The molecule has 0 spiro atoms. The van der Waals surface area contributed by atoms with E-state index in [1.807, 2.05) is 24.3 Å². The summed E-state index contributed by atoms with van der Waals surface area (Å²) in [5, 5.41) is 0.682. The van der Waals surface area contributed by atoms with Gasteiger partial charge in [-0.2, -0.15) is 0 Å². The van der Waals surface area contributed by atoms with Crippen molar-refractivity contribution < 1.29 is 4.90 Å². The fourth-order valence-electron chi connectivity index (χ4n) is 4.20. The Bertz CT molecular complexity index is 1220. The number of fused-ring (bicyclic) bond motifs is 1. The van der Waals surface area contributed by atoms with E-state index in [4.69, 9.17) is 4.98 Å². The minimum atomic E-state index is -0.0358. The lowest BCUT2D eigenvalue weighted by atomic mass is 10.1. The Kier molecular flexibility index (Phi) is 5.11. The zero-order valence-corrected chi connectivity index (χ0v) is 17.8. The number of piperazine rings is 1. The normalized spacial score (nSPS) is 15.0. The zero-order chi connectivity index (χ0) is 20.5. The van der Waals surface area contributed by atoms with Crippen LogP contribution < -0.4 is 15.4 Å². The standard InChI is InChI=1S/C24H24N4OS/c1-17-7-5-6-10-20(17)28-13-11-27(12-14-28)16-22-25-23(29)19-15-21(30-24(19)26-22)18-8-3-2-4-9-18/h2-10,15H,11-14,16H2,1H3,(H,25,26,29)/p+1. The number of aryl methyl sites for hydroxylation is 1. The molecule has 5 nitrogen and oxygen atoms in total. The van der Waals surface area contributed by atoms with Crippen LogP contribution in [0.5, 0.6) is 0 Å². The average Bonchev–Trinajstić information content (AvgIpc) is 3.20. The van der Waals surface area contributed by atoms with Gasteiger partial charge in [0.05, 0.1) is 31.6 Å². The minimum Gasteiger partial charge on any atom is -0.360 e. The fraction of sp³-hybridized carbons (Fsp3) is 0.250. The van der Waals surface area contributed by atoms with Gasteiger partial charge in [0.1, 0.15) is 11.4 Å². The Hall–Kier alpha value is -2.96. The number of para-hydroxylation sites is 1. The van der Waals surface area contributed by atoms with Crippen molar-refractivity contribution in [3.05, 3.63) is 82.4 Å². The predicted octanol–water partition coefficient (Wildman–Crippen LogP) is 2.87. The summed E-state index contributed by atoms with van der Waals surface area (Å²) in [6, 6.07) is 20.7. The summed E-state index contributed by atoms with van der Waals surface area (Å²) >= 11 is 1.59. The molecule has 2 aromatic heterocycles. The highest BCUT2D eigenvalue weighted by Gasteiger charge is 2.22. The van der Waals surface area contributed by atoms with Crippen molar-refractivity contribution in [3.63, 3.8) is 0 Å². The molecule has 0 saturated carbocycles. The van der Waals surface area contributed by atoms with Crippen LogP contribution in [0.2, 0.25) is 0 Å². The zero-order valence-electron chi connectivity index (χ0n) is 17.0. The molecule has 0 unspecified atom stereocenters. The Balaban J connectivity index is 1.31. The number of benzene rings is 2. The molecule has 0 bridgehead atoms. The van der Waals surface area contributed by atoms with Crippen LogP contribution in [0.3, 0.4) is 0 Å². The molecule has 152 valence electrons. The molecular weight excluding hydrogens is 392 g/mol. The van der Waals surface area contributed by atoms with Crippen LogP contribution in [-0.4, -0.2) is 36.1 Å². The van der Waals surface area contributed by atoms with Gasteiger partial charge in [0.15, 0.2) is 5.82 Å². The summed E-state index contributed by atoms with van der Waals surface area (Å²) in [5.74, 6) is 0.785. The first-order chi connectivity index (χ1) is 14.7. The molecule has 6 heteroatoms. The maximum Gasteiger partial charge on any atom is 0.259 e. The number of hydrogen-bond donors (Lipinski definition) is 2. The first-order valence-corrected chi connectivity index (χ1v) is 11.2. The Morgan fingerprint density at radius 2 is 1.80 bits per heavy atom. The topological polar surface area (TPSA) is 53.4 Å². The highest BCUT2D eigenvalue weighted by Crippen LogP contribution is 2.30. The van der Waals surface area contributed by atoms with Gasteiger partial charge in [0.25, 0.3) is 5.56 Å². The van der Waals surface area contributed by atoms with Crippen LogP contribution in [0.1, 0.15) is 11.4 Å². The first-order valence-electron chi connectivity index (χ1n) is 10.4. The van der Waals surface area contributed by atoms with E-state index in [0.29, 0.717) is 5.39 Å². The van der Waals surface area contributed by atoms with Crippen molar-refractivity contribution >= 4 is 27.2 Å². The van der Waals surface area contributed by atoms with Crippen LogP contribution in [0.25, 0.3) is 20.7 Å². The molecule has 0 atom stereocenters. The van der Waals surface area contributed by atoms with Crippen molar-refractivity contribution in [2.75, 3.05) is 31.1 Å². The second-order valence-corrected chi connectivity index (χ2v) is 8.94. The molecule has 1 saturated heterocycles. The maximum absolute atomic E-state index is 12.7. The molecule has 0 amide bonds. The Labute approximate surface area is 179 Å². The second kappa shape index (κ2) is 8.05. The molecule has 3 heterocycles. The van der Waals surface area contributed by atoms with Gasteiger partial charge < -0.3 is 14.8 Å². The van der Waals surface area contributed by atoms with Crippen LogP contribution in [0, 0.1) is 6.92 Å². The monoisotopic (exact) mass is 417 g/mol. The summed E-state index contributed by atoms with van der Waals surface area (Å²) in [4.78, 5) is 26.3. The number of aromatic amines is 1. The molecule has 2 N–H and O–H groups in total. The van der Waals surface area contributed by atoms with Crippen LogP contribution in [-0.2, 0) is 6.54 Å². The molecule has 1 fully saturated rings. The molecule has 2 aromatic carbocycles. The third-order valence-electron chi connectivity index (χ3n) is 5.85. The predicted molar refractivity (Wildman–Crippen MR) is 123 cm³/mol. The van der Waals surface area contributed by atoms with Gasteiger partial charge in [-0.3, -0.25) is 4.79 Å². The maximum atomic E-state index is 12.7. The van der Waals surface area contributed by atoms with Gasteiger partial charge in [0.2, 0.25) is 0 Å². The quantitative estimate of drug-likeness (QED) is 0.537. The van der Waals surface area contributed by atoms with E-state index in [1.165, 1.54) is 16.2 Å². The minimum absolute atomic E-state index is 0.0358. The summed E-state index contributed by atoms with van der Waals surface area (Å²) in [7, 11) is 0. The lowest BCUT2D eigenvalue weighted by Crippen LogP contribution is -3.13. The molecule has 0 aliphatic carbocycles. The Morgan fingerprint density at radius 1 is 1.07 bits per heavy atom. The first kappa shape index (κ1) is 19.0. The molecule has 4 aromatic rings. The number of H-pyrrole nitrogens is 1. The fourth-order valence-corrected chi connectivity index (χ4v) is 5.26. The van der Waals surface area contributed by atoms with E-state index in [-0.39, 0.29) is 5.56 Å². The summed E-state index contributed by atoms with van der Waals surface area (Å²) < 4.78 is 0. The smallest absolute Gasteiger partial charge is 0.259 e. The molecule has 1 aliphatic heterocycles. The van der Waals surface area contributed by atoms with E-state index < -0.39 is 0 Å². The van der Waals surface area contributed by atoms with Gasteiger partial charge >= 0.3 is 0 Å². The van der Waals surface area contributed by atoms with Crippen molar-refractivity contribution in [3.8, 4) is 10.4 Å². The highest BCUT2D eigenvalue weighted by atomic mass is 32.1. The number of rotatable bonds is 4.